The topological polar surface area (TPSA) is 153 Å². The fourth-order valence-corrected chi connectivity index (χ4v) is 5.96. The first-order valence-corrected chi connectivity index (χ1v) is 15.3. The molecule has 5 N–H and O–H groups in total. The Bertz CT molecular complexity index is 1990. The van der Waals surface area contributed by atoms with Gasteiger partial charge in [0.25, 0.3) is 0 Å². The Morgan fingerprint density at radius 2 is 1.55 bits per heavy atom. The Kier molecular flexibility index (Phi) is 9.01. The Morgan fingerprint density at radius 1 is 0.872 bits per heavy atom. The number of amides is 2. The zero-order valence-electron chi connectivity index (χ0n) is 26.0. The van der Waals surface area contributed by atoms with Crippen LogP contribution in [-0.4, -0.2) is 43.4 Å². The van der Waals surface area contributed by atoms with E-state index >= 15 is 0 Å². The molecule has 0 radical (unpaired) electrons. The molecule has 47 heavy (non-hydrogen) atoms. The number of fused-ring (bicyclic) bond motifs is 1. The lowest BCUT2D eigenvalue weighted by molar-refractivity contribution is -0.124. The molecule has 10 heteroatoms. The van der Waals surface area contributed by atoms with Crippen molar-refractivity contribution in [1.29, 1.82) is 0 Å². The summed E-state index contributed by atoms with van der Waals surface area (Å²) in [6, 6.07) is 27.4. The monoisotopic (exact) mass is 629 g/mol. The molecule has 0 saturated carbocycles. The molecule has 2 aromatic heterocycles. The van der Waals surface area contributed by atoms with E-state index in [0.717, 1.165) is 49.8 Å². The van der Waals surface area contributed by atoms with Crippen LogP contribution in [0.15, 0.2) is 102 Å². The van der Waals surface area contributed by atoms with E-state index in [1.54, 1.807) is 12.1 Å². The molecule has 10 nitrogen and oxygen atoms in total. The lowest BCUT2D eigenvalue weighted by Crippen LogP contribution is -2.49. The van der Waals surface area contributed by atoms with Gasteiger partial charge in [0.15, 0.2) is 5.82 Å². The standard InChI is InChI=1S/C37H35N5O5/c1-22-16-28(43)17-23(2)30(22)20-32(40-37(45)46)35(44)39-33(19-27-21-38-31-11-7-6-10-29(27)31)36-41-34(42-47-36)18-24-12-14-26(15-13-24)25-8-4-3-5-9-25/h3-17,21,32-33,38,40,43H,18-20H2,1-2H3,(H,39,44)(H,45,46). The van der Waals surface area contributed by atoms with Crippen molar-refractivity contribution in [2.75, 3.05) is 0 Å². The summed E-state index contributed by atoms with van der Waals surface area (Å²) < 4.78 is 5.73. The molecular weight excluding hydrogens is 594 g/mol. The largest absolute Gasteiger partial charge is 0.508 e. The summed E-state index contributed by atoms with van der Waals surface area (Å²) in [7, 11) is 0. The number of phenolic OH excluding ortho intramolecular Hbond substituents is 1. The summed E-state index contributed by atoms with van der Waals surface area (Å²) in [5.74, 6) is 0.237. The highest BCUT2D eigenvalue weighted by atomic mass is 16.5. The van der Waals surface area contributed by atoms with Gasteiger partial charge >= 0.3 is 6.09 Å². The molecule has 0 spiro atoms. The maximum Gasteiger partial charge on any atom is 0.405 e. The smallest absolute Gasteiger partial charge is 0.405 e. The number of H-pyrrole nitrogens is 1. The maximum absolute atomic E-state index is 13.8. The van der Waals surface area contributed by atoms with Crippen LogP contribution in [0, 0.1) is 13.8 Å². The van der Waals surface area contributed by atoms with Crippen molar-refractivity contribution in [1.82, 2.24) is 25.8 Å². The van der Waals surface area contributed by atoms with Crippen LogP contribution in [0.25, 0.3) is 22.0 Å². The predicted molar refractivity (Wildman–Crippen MR) is 178 cm³/mol. The van der Waals surface area contributed by atoms with Crippen molar-refractivity contribution >= 4 is 22.9 Å². The van der Waals surface area contributed by atoms with Crippen molar-refractivity contribution < 1.29 is 24.3 Å². The van der Waals surface area contributed by atoms with E-state index in [-0.39, 0.29) is 18.1 Å². The zero-order valence-corrected chi connectivity index (χ0v) is 26.0. The fraction of sp³-hybridized carbons (Fsp3) is 0.189. The number of carbonyl (C=O) groups is 2. The van der Waals surface area contributed by atoms with Gasteiger partial charge in [-0.1, -0.05) is 78.0 Å². The second-order valence-corrected chi connectivity index (χ2v) is 11.7. The maximum atomic E-state index is 13.8. The van der Waals surface area contributed by atoms with E-state index in [9.17, 15) is 19.8 Å². The average Bonchev–Trinajstić information content (AvgIpc) is 3.69. The molecule has 2 atom stereocenters. The van der Waals surface area contributed by atoms with Crippen LogP contribution in [0.5, 0.6) is 5.75 Å². The van der Waals surface area contributed by atoms with Crippen molar-refractivity contribution in [3.05, 3.63) is 137 Å². The molecule has 0 aliphatic rings. The summed E-state index contributed by atoms with van der Waals surface area (Å²) >= 11 is 0. The number of hydrogen-bond donors (Lipinski definition) is 5. The second-order valence-electron chi connectivity index (χ2n) is 11.7. The third kappa shape index (κ3) is 7.33. The third-order valence-electron chi connectivity index (χ3n) is 8.32. The number of benzene rings is 4. The molecule has 2 heterocycles. The first-order valence-electron chi connectivity index (χ1n) is 15.3. The lowest BCUT2D eigenvalue weighted by Gasteiger charge is -2.22. The van der Waals surface area contributed by atoms with Gasteiger partial charge in [0, 0.05) is 36.4 Å². The summed E-state index contributed by atoms with van der Waals surface area (Å²) in [4.78, 5) is 33.5. The van der Waals surface area contributed by atoms with Crippen LogP contribution in [0.4, 0.5) is 4.79 Å². The van der Waals surface area contributed by atoms with Crippen molar-refractivity contribution in [3.8, 4) is 16.9 Å². The van der Waals surface area contributed by atoms with Gasteiger partial charge in [-0.05, 0) is 71.0 Å². The molecule has 2 unspecified atom stereocenters. The number of phenols is 1. The molecule has 2 amide bonds. The number of nitrogens with one attached hydrogen (secondary N) is 3. The van der Waals surface area contributed by atoms with Gasteiger partial charge in [0.2, 0.25) is 11.8 Å². The zero-order chi connectivity index (χ0) is 32.9. The number of rotatable bonds is 11. The number of aromatic amines is 1. The number of aryl methyl sites for hydroxylation is 2. The van der Waals surface area contributed by atoms with Crippen LogP contribution >= 0.6 is 0 Å². The molecule has 0 bridgehead atoms. The minimum atomic E-state index is -1.33. The normalized spacial score (nSPS) is 12.5. The van der Waals surface area contributed by atoms with Crippen LogP contribution in [0.3, 0.4) is 0 Å². The van der Waals surface area contributed by atoms with Gasteiger partial charge in [-0.2, -0.15) is 4.98 Å². The highest BCUT2D eigenvalue weighted by molar-refractivity contribution is 5.86. The Labute approximate surface area is 271 Å². The van der Waals surface area contributed by atoms with E-state index < -0.39 is 24.1 Å². The number of para-hydroxylation sites is 1. The Morgan fingerprint density at radius 3 is 2.28 bits per heavy atom. The van der Waals surface area contributed by atoms with Gasteiger partial charge in [-0.15, -0.1) is 0 Å². The molecular formula is C37H35N5O5. The molecule has 238 valence electrons. The highest BCUT2D eigenvalue weighted by Gasteiger charge is 2.29. The second kappa shape index (κ2) is 13.6. The van der Waals surface area contributed by atoms with Crippen LogP contribution in [0.2, 0.25) is 0 Å². The summed E-state index contributed by atoms with van der Waals surface area (Å²) in [6.07, 6.45) is 1.38. The van der Waals surface area contributed by atoms with Crippen molar-refractivity contribution in [2.45, 2.75) is 45.2 Å². The molecule has 0 fully saturated rings. The Hall–Kier alpha value is -5.90. The summed E-state index contributed by atoms with van der Waals surface area (Å²) in [5, 5.41) is 30.2. The van der Waals surface area contributed by atoms with Gasteiger partial charge in [0.05, 0.1) is 0 Å². The van der Waals surface area contributed by atoms with E-state index in [1.807, 2.05) is 74.6 Å². The van der Waals surface area contributed by atoms with Gasteiger partial charge < -0.3 is 30.4 Å². The quantitative estimate of drug-likeness (QED) is 0.111. The van der Waals surface area contributed by atoms with E-state index in [2.05, 4.69) is 50.0 Å². The SMILES string of the molecule is Cc1cc(O)cc(C)c1CC(NC(=O)O)C(=O)NC(Cc1c[nH]c2ccccc12)c1nc(Cc2ccc(-c3ccccc3)cc2)no1. The molecule has 0 aliphatic heterocycles. The summed E-state index contributed by atoms with van der Waals surface area (Å²) in [5.41, 5.74) is 7.37. The van der Waals surface area contributed by atoms with Crippen molar-refractivity contribution in [3.63, 3.8) is 0 Å². The summed E-state index contributed by atoms with van der Waals surface area (Å²) in [6.45, 7) is 3.62. The lowest BCUT2D eigenvalue weighted by atomic mass is 9.95. The molecule has 6 aromatic rings. The molecule has 6 rings (SSSR count). The van der Waals surface area contributed by atoms with Gasteiger partial charge in [-0.3, -0.25) is 4.79 Å². The van der Waals surface area contributed by atoms with E-state index in [1.165, 1.54) is 0 Å². The minimum absolute atomic E-state index is 0.0872. The number of aromatic hydroxyl groups is 1. The van der Waals surface area contributed by atoms with Crippen molar-refractivity contribution in [2.24, 2.45) is 0 Å². The number of carboxylic acid groups (broad SMARTS) is 1. The average molecular weight is 630 g/mol. The highest BCUT2D eigenvalue weighted by Crippen LogP contribution is 2.26. The first kappa shape index (κ1) is 31.1. The van der Waals surface area contributed by atoms with Crippen LogP contribution in [-0.2, 0) is 24.1 Å². The van der Waals surface area contributed by atoms with E-state index in [4.69, 9.17) is 4.52 Å². The van der Waals surface area contributed by atoms with Gasteiger partial charge in [0.1, 0.15) is 17.8 Å². The number of nitrogens with zero attached hydrogens (tertiary/aromatic N) is 2. The van der Waals surface area contributed by atoms with Crippen LogP contribution in [0.1, 0.15) is 45.6 Å². The number of carbonyl (C=O) groups excluding carboxylic acids is 1. The number of aromatic nitrogens is 3. The number of hydrogen-bond acceptors (Lipinski definition) is 6. The fourth-order valence-electron chi connectivity index (χ4n) is 5.96. The molecule has 4 aromatic carbocycles. The first-order chi connectivity index (χ1) is 22.7. The van der Waals surface area contributed by atoms with Gasteiger partial charge in [-0.25, -0.2) is 4.79 Å². The predicted octanol–water partition coefficient (Wildman–Crippen LogP) is 6.41. The minimum Gasteiger partial charge on any atom is -0.508 e. The Balaban J connectivity index is 1.26. The molecule has 0 aliphatic carbocycles. The van der Waals surface area contributed by atoms with Crippen LogP contribution < -0.4 is 10.6 Å². The van der Waals surface area contributed by atoms with E-state index in [0.29, 0.717) is 18.7 Å². The third-order valence-corrected chi connectivity index (χ3v) is 8.32. The molecule has 0 saturated heterocycles.